The Balaban J connectivity index is 1.92. The van der Waals surface area contributed by atoms with Crippen molar-refractivity contribution in [3.63, 3.8) is 0 Å². The monoisotopic (exact) mass is 513 g/mol. The minimum Gasteiger partial charge on any atom is -0.464 e. The molecular formula is C29H39NO3S2. The van der Waals surface area contributed by atoms with E-state index in [1.165, 1.54) is 47.9 Å². The Bertz CT molecular complexity index is 1010. The number of rotatable bonds is 10. The second-order valence-electron chi connectivity index (χ2n) is 9.60. The summed E-state index contributed by atoms with van der Waals surface area (Å²) < 4.78 is 11.5. The van der Waals surface area contributed by atoms with Crippen LogP contribution in [0.2, 0.25) is 0 Å². The molecule has 1 aliphatic rings. The first kappa shape index (κ1) is 27.5. The first-order chi connectivity index (χ1) is 16.8. The van der Waals surface area contributed by atoms with Crippen LogP contribution in [-0.4, -0.2) is 29.6 Å². The third kappa shape index (κ3) is 7.47. The Kier molecular flexibility index (Phi) is 10.0. The molecule has 2 atom stereocenters. The molecule has 190 valence electrons. The molecule has 0 amide bonds. The van der Waals surface area contributed by atoms with Gasteiger partial charge in [-0.2, -0.15) is 0 Å². The van der Waals surface area contributed by atoms with Gasteiger partial charge in [0.1, 0.15) is 11.4 Å². The zero-order valence-corrected chi connectivity index (χ0v) is 23.5. The summed E-state index contributed by atoms with van der Waals surface area (Å²) in [5, 5.41) is 0.490. The number of para-hydroxylation sites is 1. The van der Waals surface area contributed by atoms with E-state index in [2.05, 4.69) is 67.5 Å². The van der Waals surface area contributed by atoms with E-state index in [1.54, 1.807) is 11.8 Å². The summed E-state index contributed by atoms with van der Waals surface area (Å²) in [4.78, 5) is 16.9. The van der Waals surface area contributed by atoms with Crippen molar-refractivity contribution in [3.8, 4) is 5.75 Å². The number of benzene rings is 2. The molecule has 0 saturated heterocycles. The van der Waals surface area contributed by atoms with Gasteiger partial charge in [-0.1, -0.05) is 51.8 Å². The number of fused-ring (bicyclic) bond motifs is 1. The largest absolute Gasteiger partial charge is 0.464 e. The zero-order chi connectivity index (χ0) is 25.4. The standard InChI is InChI=1S/C29H39NO3S2/c1-7-9-13-22-20-30(23-14-11-10-12-15-23)24-18-27(34-6)25(19-26(24)35-21(22)3)32-17-16-28(31)33-29(4,5)8-2/h10-12,14-19,21-22H,7-9,13,20H2,1-6H3/b17-16+. The fourth-order valence-corrected chi connectivity index (χ4v) is 5.87. The smallest absolute Gasteiger partial charge is 0.334 e. The summed E-state index contributed by atoms with van der Waals surface area (Å²) >= 11 is 3.58. The van der Waals surface area contributed by atoms with Crippen molar-refractivity contribution in [2.24, 2.45) is 5.92 Å². The molecule has 0 aliphatic carbocycles. The molecule has 0 radical (unpaired) electrons. The first-order valence-electron chi connectivity index (χ1n) is 12.6. The lowest BCUT2D eigenvalue weighted by atomic mass is 9.97. The highest BCUT2D eigenvalue weighted by Crippen LogP contribution is 2.47. The third-order valence-electron chi connectivity index (χ3n) is 6.55. The second-order valence-corrected chi connectivity index (χ2v) is 11.9. The van der Waals surface area contributed by atoms with Crippen LogP contribution in [0.15, 0.2) is 64.6 Å². The molecule has 0 spiro atoms. The maximum Gasteiger partial charge on any atom is 0.334 e. The lowest BCUT2D eigenvalue weighted by molar-refractivity contribution is -0.150. The van der Waals surface area contributed by atoms with E-state index in [1.807, 2.05) is 32.5 Å². The van der Waals surface area contributed by atoms with Gasteiger partial charge in [0.05, 0.1) is 22.9 Å². The Morgan fingerprint density at radius 2 is 1.97 bits per heavy atom. The first-order valence-corrected chi connectivity index (χ1v) is 14.7. The maximum absolute atomic E-state index is 12.2. The molecule has 1 heterocycles. The number of thioether (sulfide) groups is 2. The molecule has 4 nitrogen and oxygen atoms in total. The quantitative estimate of drug-likeness (QED) is 0.137. The Hall–Kier alpha value is -2.05. The van der Waals surface area contributed by atoms with Crippen molar-refractivity contribution in [1.82, 2.24) is 0 Å². The molecule has 0 fully saturated rings. The highest BCUT2D eigenvalue weighted by atomic mass is 32.2. The van der Waals surface area contributed by atoms with E-state index in [4.69, 9.17) is 9.47 Å². The van der Waals surface area contributed by atoms with E-state index in [0.717, 1.165) is 23.6 Å². The Labute approximate surface area is 219 Å². The number of carbonyl (C=O) groups excluding carboxylic acids is 1. The molecule has 6 heteroatoms. The molecule has 2 unspecified atom stereocenters. The summed E-state index contributed by atoms with van der Waals surface area (Å²) in [5.41, 5.74) is 1.95. The predicted octanol–water partition coefficient (Wildman–Crippen LogP) is 8.47. The van der Waals surface area contributed by atoms with E-state index in [9.17, 15) is 4.79 Å². The third-order valence-corrected chi connectivity index (χ3v) is 8.65. The number of hydrogen-bond acceptors (Lipinski definition) is 6. The Morgan fingerprint density at radius 3 is 2.63 bits per heavy atom. The summed E-state index contributed by atoms with van der Waals surface area (Å²) in [6.07, 6.45) is 9.29. The van der Waals surface area contributed by atoms with Gasteiger partial charge in [0.2, 0.25) is 0 Å². The molecular weight excluding hydrogens is 474 g/mol. The molecule has 1 aliphatic heterocycles. The normalized spacial score (nSPS) is 18.3. The average Bonchev–Trinajstić information content (AvgIpc) is 2.97. The van der Waals surface area contributed by atoms with Crippen LogP contribution in [0.3, 0.4) is 0 Å². The summed E-state index contributed by atoms with van der Waals surface area (Å²) in [6.45, 7) is 11.4. The van der Waals surface area contributed by atoms with Crippen LogP contribution in [0.1, 0.15) is 60.3 Å². The van der Waals surface area contributed by atoms with E-state index in [-0.39, 0.29) is 0 Å². The lowest BCUT2D eigenvalue weighted by Crippen LogP contribution is -2.28. The van der Waals surface area contributed by atoms with E-state index >= 15 is 0 Å². The van der Waals surface area contributed by atoms with E-state index in [0.29, 0.717) is 11.2 Å². The van der Waals surface area contributed by atoms with Crippen molar-refractivity contribution in [2.75, 3.05) is 17.7 Å². The maximum atomic E-state index is 12.2. The predicted molar refractivity (Wildman–Crippen MR) is 150 cm³/mol. The number of esters is 1. The number of unbranched alkanes of at least 4 members (excludes halogenated alkanes) is 1. The molecule has 0 N–H and O–H groups in total. The fraction of sp³-hybridized carbons (Fsp3) is 0.483. The molecule has 0 bridgehead atoms. The van der Waals surface area contributed by atoms with Gasteiger partial charge < -0.3 is 14.4 Å². The van der Waals surface area contributed by atoms with Crippen LogP contribution >= 0.6 is 23.5 Å². The van der Waals surface area contributed by atoms with Crippen LogP contribution < -0.4 is 9.64 Å². The fourth-order valence-electron chi connectivity index (χ4n) is 4.05. The van der Waals surface area contributed by atoms with Crippen molar-refractivity contribution >= 4 is 40.9 Å². The molecule has 0 saturated carbocycles. The number of nitrogens with zero attached hydrogens (tertiary/aromatic N) is 1. The Morgan fingerprint density at radius 1 is 1.23 bits per heavy atom. The molecule has 2 aromatic carbocycles. The van der Waals surface area contributed by atoms with Crippen molar-refractivity contribution < 1.29 is 14.3 Å². The van der Waals surface area contributed by atoms with Gasteiger partial charge in [-0.25, -0.2) is 4.79 Å². The zero-order valence-electron chi connectivity index (χ0n) is 21.9. The minimum absolute atomic E-state index is 0.394. The molecule has 0 aromatic heterocycles. The second kappa shape index (κ2) is 12.8. The lowest BCUT2D eigenvalue weighted by Gasteiger charge is -2.29. The van der Waals surface area contributed by atoms with Gasteiger partial charge in [-0.15, -0.1) is 23.5 Å². The minimum atomic E-state index is -0.488. The SMILES string of the molecule is CCCCC1CN(c2ccccc2)c2cc(SC)c(O/C=C/C(=O)OC(C)(C)CC)cc2SC1C. The van der Waals surface area contributed by atoms with Gasteiger partial charge in [0.25, 0.3) is 0 Å². The van der Waals surface area contributed by atoms with E-state index < -0.39 is 11.6 Å². The van der Waals surface area contributed by atoms with Gasteiger partial charge in [0.15, 0.2) is 0 Å². The summed E-state index contributed by atoms with van der Waals surface area (Å²) in [5.74, 6) is 0.954. The van der Waals surface area contributed by atoms with Crippen LogP contribution in [0.25, 0.3) is 0 Å². The number of ether oxygens (including phenoxy) is 2. The van der Waals surface area contributed by atoms with Gasteiger partial charge in [-0.3, -0.25) is 0 Å². The molecule has 3 rings (SSSR count). The summed E-state index contributed by atoms with van der Waals surface area (Å²) in [7, 11) is 0. The van der Waals surface area contributed by atoms with Crippen LogP contribution in [0.5, 0.6) is 5.75 Å². The number of hydrogen-bond donors (Lipinski definition) is 0. The van der Waals surface area contributed by atoms with Crippen LogP contribution in [-0.2, 0) is 9.53 Å². The highest BCUT2D eigenvalue weighted by Gasteiger charge is 2.29. The molecule has 35 heavy (non-hydrogen) atoms. The van der Waals surface area contributed by atoms with Gasteiger partial charge >= 0.3 is 5.97 Å². The van der Waals surface area contributed by atoms with Crippen LogP contribution in [0, 0.1) is 5.92 Å². The highest BCUT2D eigenvalue weighted by molar-refractivity contribution is 8.00. The number of carbonyl (C=O) groups is 1. The number of anilines is 2. The van der Waals surface area contributed by atoms with Crippen molar-refractivity contribution in [1.29, 1.82) is 0 Å². The van der Waals surface area contributed by atoms with Crippen LogP contribution in [0.4, 0.5) is 11.4 Å². The van der Waals surface area contributed by atoms with Gasteiger partial charge in [0, 0.05) is 22.4 Å². The van der Waals surface area contributed by atoms with Gasteiger partial charge in [-0.05, 0) is 63.1 Å². The van der Waals surface area contributed by atoms with Crippen molar-refractivity contribution in [3.05, 3.63) is 54.8 Å². The average molecular weight is 514 g/mol. The van der Waals surface area contributed by atoms with Crippen molar-refractivity contribution in [2.45, 2.75) is 80.9 Å². The molecule has 2 aromatic rings. The topological polar surface area (TPSA) is 38.8 Å². The summed E-state index contributed by atoms with van der Waals surface area (Å²) in [6, 6.07) is 15.0.